The average Bonchev–Trinajstić information content (AvgIpc) is 3.45. The molecule has 5 aromatic rings. The third-order valence-corrected chi connectivity index (χ3v) is 5.28. The van der Waals surface area contributed by atoms with Crippen molar-refractivity contribution in [2.24, 2.45) is 4.99 Å². The normalized spacial score (nSPS) is 11.4. The van der Waals surface area contributed by atoms with Crippen LogP contribution >= 0.6 is 0 Å². The summed E-state index contributed by atoms with van der Waals surface area (Å²) in [6, 6.07) is 26.4. The van der Waals surface area contributed by atoms with Crippen molar-refractivity contribution in [2.45, 2.75) is 6.92 Å². The molecular formula is C27H19NO4. The van der Waals surface area contributed by atoms with E-state index in [-0.39, 0.29) is 5.56 Å². The summed E-state index contributed by atoms with van der Waals surface area (Å²) in [7, 11) is 0. The number of carboxylic acids is 1. The predicted octanol–water partition coefficient (Wildman–Crippen LogP) is 7.12. The molecule has 32 heavy (non-hydrogen) atoms. The summed E-state index contributed by atoms with van der Waals surface area (Å²) in [5, 5.41) is 10.2. The van der Waals surface area contributed by atoms with Gasteiger partial charge in [0.1, 0.15) is 22.9 Å². The summed E-state index contributed by atoms with van der Waals surface area (Å²) in [6.07, 6.45) is 1.67. The molecule has 0 atom stereocenters. The molecule has 5 rings (SSSR count). The highest BCUT2D eigenvalue weighted by molar-refractivity contribution is 5.89. The molecular weight excluding hydrogens is 402 g/mol. The Morgan fingerprint density at radius 2 is 1.69 bits per heavy atom. The lowest BCUT2D eigenvalue weighted by atomic mass is 10.0. The summed E-state index contributed by atoms with van der Waals surface area (Å²) in [4.78, 5) is 15.6. The van der Waals surface area contributed by atoms with Crippen LogP contribution in [0.3, 0.4) is 0 Å². The van der Waals surface area contributed by atoms with Crippen LogP contribution in [0.4, 0.5) is 5.69 Å². The van der Waals surface area contributed by atoms with E-state index in [4.69, 9.17) is 13.9 Å². The molecule has 1 N–H and O–H groups in total. The van der Waals surface area contributed by atoms with Crippen molar-refractivity contribution in [1.29, 1.82) is 0 Å². The number of fused-ring (bicyclic) bond motifs is 1. The van der Waals surface area contributed by atoms with Crippen LogP contribution in [-0.2, 0) is 0 Å². The Morgan fingerprint density at radius 1 is 0.875 bits per heavy atom. The van der Waals surface area contributed by atoms with E-state index < -0.39 is 5.97 Å². The van der Waals surface area contributed by atoms with Gasteiger partial charge in [0.2, 0.25) is 0 Å². The first-order chi connectivity index (χ1) is 15.6. The van der Waals surface area contributed by atoms with Crippen LogP contribution < -0.4 is 0 Å². The van der Waals surface area contributed by atoms with Gasteiger partial charge >= 0.3 is 5.97 Å². The van der Waals surface area contributed by atoms with E-state index in [9.17, 15) is 4.79 Å². The first-order valence-electron chi connectivity index (χ1n) is 10.1. The van der Waals surface area contributed by atoms with E-state index in [1.54, 1.807) is 24.4 Å². The second kappa shape index (κ2) is 8.04. The minimum absolute atomic E-state index is 0.255. The van der Waals surface area contributed by atoms with E-state index in [1.165, 1.54) is 0 Å². The van der Waals surface area contributed by atoms with Crippen LogP contribution in [0.2, 0.25) is 0 Å². The summed E-state index contributed by atoms with van der Waals surface area (Å²) in [5.41, 5.74) is 4.59. The van der Waals surface area contributed by atoms with Crippen LogP contribution in [0.5, 0.6) is 0 Å². The van der Waals surface area contributed by atoms with Crippen LogP contribution in [0.1, 0.15) is 21.7 Å². The monoisotopic (exact) mass is 421 g/mol. The lowest BCUT2D eigenvalue weighted by Crippen LogP contribution is -1.96. The number of hydrogen-bond acceptors (Lipinski definition) is 4. The highest BCUT2D eigenvalue weighted by Gasteiger charge is 2.10. The van der Waals surface area contributed by atoms with E-state index in [2.05, 4.69) is 4.99 Å². The molecule has 0 bridgehead atoms. The van der Waals surface area contributed by atoms with Gasteiger partial charge in [0.15, 0.2) is 0 Å². The van der Waals surface area contributed by atoms with Gasteiger partial charge in [-0.1, -0.05) is 24.3 Å². The molecule has 5 nitrogen and oxygen atoms in total. The Morgan fingerprint density at radius 3 is 2.44 bits per heavy atom. The van der Waals surface area contributed by atoms with Gasteiger partial charge in [-0.3, -0.25) is 4.99 Å². The predicted molar refractivity (Wildman–Crippen MR) is 125 cm³/mol. The smallest absolute Gasteiger partial charge is 0.335 e. The number of aromatic carboxylic acids is 1. The summed E-state index contributed by atoms with van der Waals surface area (Å²) >= 11 is 0. The van der Waals surface area contributed by atoms with E-state index in [1.807, 2.05) is 73.7 Å². The number of carboxylic acid groups (broad SMARTS) is 1. The highest BCUT2D eigenvalue weighted by Crippen LogP contribution is 2.29. The van der Waals surface area contributed by atoms with Crippen molar-refractivity contribution in [3.8, 4) is 22.6 Å². The van der Waals surface area contributed by atoms with Crippen LogP contribution in [-0.4, -0.2) is 17.3 Å². The third-order valence-electron chi connectivity index (χ3n) is 5.28. The molecule has 0 aliphatic rings. The fourth-order valence-electron chi connectivity index (χ4n) is 3.61. The zero-order valence-corrected chi connectivity index (χ0v) is 17.3. The topological polar surface area (TPSA) is 75.9 Å². The zero-order valence-electron chi connectivity index (χ0n) is 17.3. The molecule has 0 unspecified atom stereocenters. The van der Waals surface area contributed by atoms with E-state index in [0.29, 0.717) is 11.5 Å². The van der Waals surface area contributed by atoms with Gasteiger partial charge in [0.05, 0.1) is 17.5 Å². The Bertz CT molecular complexity index is 1420. The molecule has 0 aliphatic heterocycles. The summed E-state index contributed by atoms with van der Waals surface area (Å²) < 4.78 is 11.8. The standard InChI is InChI=1S/C27H19NO4/c1-17-14-20(27(29)30)8-12-23(17)25-13-11-22(31-25)16-28-21-9-6-18(7-10-21)26-15-19-4-2-3-5-24(19)32-26/h2-16H,1H3,(H,29,30). The minimum Gasteiger partial charge on any atom is -0.478 e. The lowest BCUT2D eigenvalue weighted by Gasteiger charge is -2.03. The Balaban J connectivity index is 1.33. The molecule has 0 saturated carbocycles. The first kappa shape index (κ1) is 19.6. The fraction of sp³-hybridized carbons (Fsp3) is 0.0370. The molecule has 0 amide bonds. The number of benzene rings is 3. The Hall–Kier alpha value is -4.38. The van der Waals surface area contributed by atoms with Gasteiger partial charge in [0.25, 0.3) is 0 Å². The maximum atomic E-state index is 11.1. The number of para-hydroxylation sites is 1. The zero-order chi connectivity index (χ0) is 22.1. The number of aliphatic imine (C=N–C) groups is 1. The van der Waals surface area contributed by atoms with Crippen LogP contribution in [0, 0.1) is 6.92 Å². The number of aryl methyl sites for hydroxylation is 1. The highest BCUT2D eigenvalue weighted by atomic mass is 16.4. The molecule has 2 aromatic heterocycles. The molecule has 5 heteroatoms. The molecule has 0 saturated heterocycles. The summed E-state index contributed by atoms with van der Waals surface area (Å²) in [5.74, 6) is 1.16. The van der Waals surface area contributed by atoms with Crippen molar-refractivity contribution in [2.75, 3.05) is 0 Å². The maximum absolute atomic E-state index is 11.1. The van der Waals surface area contributed by atoms with Gasteiger partial charge in [-0.15, -0.1) is 0 Å². The molecule has 0 aliphatic carbocycles. The van der Waals surface area contributed by atoms with Crippen molar-refractivity contribution in [3.63, 3.8) is 0 Å². The van der Waals surface area contributed by atoms with E-state index >= 15 is 0 Å². The fourth-order valence-corrected chi connectivity index (χ4v) is 3.61. The minimum atomic E-state index is -0.946. The summed E-state index contributed by atoms with van der Waals surface area (Å²) in [6.45, 7) is 1.86. The molecule has 0 spiro atoms. The van der Waals surface area contributed by atoms with Gasteiger partial charge < -0.3 is 13.9 Å². The second-order valence-corrected chi connectivity index (χ2v) is 7.49. The van der Waals surface area contributed by atoms with Crippen molar-refractivity contribution in [3.05, 3.63) is 102 Å². The van der Waals surface area contributed by atoms with Crippen molar-refractivity contribution >= 4 is 28.8 Å². The maximum Gasteiger partial charge on any atom is 0.335 e. The molecule has 0 fully saturated rings. The number of carbonyl (C=O) groups is 1. The van der Waals surface area contributed by atoms with Gasteiger partial charge in [-0.05, 0) is 73.2 Å². The molecule has 3 aromatic carbocycles. The van der Waals surface area contributed by atoms with Crippen LogP contribution in [0.15, 0.2) is 98.8 Å². The Labute approximate surface area is 184 Å². The van der Waals surface area contributed by atoms with Gasteiger partial charge in [0, 0.05) is 16.5 Å². The second-order valence-electron chi connectivity index (χ2n) is 7.49. The molecule has 2 heterocycles. The molecule has 156 valence electrons. The third kappa shape index (κ3) is 3.84. The van der Waals surface area contributed by atoms with Gasteiger partial charge in [-0.25, -0.2) is 4.79 Å². The number of hydrogen-bond donors (Lipinski definition) is 1. The van der Waals surface area contributed by atoms with Crippen LogP contribution in [0.25, 0.3) is 33.6 Å². The van der Waals surface area contributed by atoms with Crippen molar-refractivity contribution in [1.82, 2.24) is 0 Å². The average molecular weight is 421 g/mol. The number of nitrogens with zero attached hydrogens (tertiary/aromatic N) is 1. The quantitative estimate of drug-likeness (QED) is 0.307. The Kier molecular flexibility index (Phi) is 4.92. The first-order valence-corrected chi connectivity index (χ1v) is 10.1. The molecule has 0 radical (unpaired) electrons. The SMILES string of the molecule is Cc1cc(C(=O)O)ccc1-c1ccc(C=Nc2ccc(-c3cc4ccccc4o3)cc2)o1. The number of rotatable bonds is 5. The number of furan rings is 2. The van der Waals surface area contributed by atoms with Crippen molar-refractivity contribution < 1.29 is 18.7 Å². The van der Waals surface area contributed by atoms with Gasteiger partial charge in [-0.2, -0.15) is 0 Å². The largest absolute Gasteiger partial charge is 0.478 e. The lowest BCUT2D eigenvalue weighted by molar-refractivity contribution is 0.0697. The van der Waals surface area contributed by atoms with E-state index in [0.717, 1.165) is 39.1 Å².